The molecule has 0 saturated heterocycles. The smallest absolute Gasteiger partial charge is 0.174 e. The van der Waals surface area contributed by atoms with Gasteiger partial charge in [-0.15, -0.1) is 0 Å². The molecule has 0 fully saturated rings. The SMILES string of the molecule is CC(=O)C(=N)CN. The van der Waals surface area contributed by atoms with Crippen molar-refractivity contribution in [1.29, 1.82) is 5.41 Å². The first-order valence-electron chi connectivity index (χ1n) is 1.97. The summed E-state index contributed by atoms with van der Waals surface area (Å²) in [5, 5.41) is 6.72. The second-order valence-corrected chi connectivity index (χ2v) is 1.24. The summed E-state index contributed by atoms with van der Waals surface area (Å²) in [6.45, 7) is 1.38. The lowest BCUT2D eigenvalue weighted by atomic mass is 10.3. The molecule has 0 radical (unpaired) electrons. The standard InChI is InChI=1S/C4H8N2O/c1-3(7)4(6)2-5/h6H,2,5H2,1H3. The summed E-state index contributed by atoms with van der Waals surface area (Å²) >= 11 is 0. The zero-order chi connectivity index (χ0) is 5.86. The normalized spacial score (nSPS) is 8.29. The van der Waals surface area contributed by atoms with Gasteiger partial charge in [0, 0.05) is 13.5 Å². The van der Waals surface area contributed by atoms with Crippen LogP contribution in [0.25, 0.3) is 0 Å². The number of carbonyl (C=O) groups excluding carboxylic acids is 1. The van der Waals surface area contributed by atoms with Crippen molar-refractivity contribution in [2.24, 2.45) is 5.73 Å². The molecule has 3 N–H and O–H groups in total. The van der Waals surface area contributed by atoms with Gasteiger partial charge < -0.3 is 11.1 Å². The van der Waals surface area contributed by atoms with Crippen LogP contribution in [0.2, 0.25) is 0 Å². The van der Waals surface area contributed by atoms with Crippen LogP contribution in [0.5, 0.6) is 0 Å². The third-order valence-corrected chi connectivity index (χ3v) is 0.629. The van der Waals surface area contributed by atoms with Gasteiger partial charge >= 0.3 is 0 Å². The lowest BCUT2D eigenvalue weighted by Crippen LogP contribution is -2.19. The molecule has 0 aliphatic carbocycles. The van der Waals surface area contributed by atoms with E-state index in [9.17, 15) is 4.79 Å². The molecule has 0 aromatic carbocycles. The molecule has 7 heavy (non-hydrogen) atoms. The maximum Gasteiger partial charge on any atom is 0.174 e. The van der Waals surface area contributed by atoms with Gasteiger partial charge in [-0.25, -0.2) is 0 Å². The number of Topliss-reactive ketones (excluding diaryl/α,β-unsaturated/α-hetero) is 1. The van der Waals surface area contributed by atoms with Gasteiger partial charge in [-0.3, -0.25) is 4.79 Å². The highest BCUT2D eigenvalue weighted by Gasteiger charge is 1.95. The fourth-order valence-electron chi connectivity index (χ4n) is 0.144. The predicted molar refractivity (Wildman–Crippen MR) is 27.5 cm³/mol. The average molecular weight is 100 g/mol. The van der Waals surface area contributed by atoms with Crippen molar-refractivity contribution in [3.05, 3.63) is 0 Å². The maximum atomic E-state index is 10.1. The number of hydrogen-bond donors (Lipinski definition) is 2. The Morgan fingerprint density at radius 3 is 2.29 bits per heavy atom. The quantitative estimate of drug-likeness (QED) is 0.462. The minimum absolute atomic E-state index is 0.0139. The molecule has 0 aliphatic heterocycles. The molecule has 0 aromatic heterocycles. The van der Waals surface area contributed by atoms with E-state index in [4.69, 9.17) is 11.1 Å². The van der Waals surface area contributed by atoms with E-state index in [1.807, 2.05) is 0 Å². The molecule has 0 heterocycles. The van der Waals surface area contributed by atoms with E-state index in [0.717, 1.165) is 0 Å². The van der Waals surface area contributed by atoms with Gasteiger partial charge in [0.1, 0.15) is 0 Å². The van der Waals surface area contributed by atoms with Crippen LogP contribution in [0.1, 0.15) is 6.92 Å². The molecular formula is C4H8N2O. The molecule has 0 aromatic rings. The first-order chi connectivity index (χ1) is 3.18. The van der Waals surface area contributed by atoms with E-state index >= 15 is 0 Å². The fourth-order valence-corrected chi connectivity index (χ4v) is 0.144. The zero-order valence-corrected chi connectivity index (χ0v) is 4.19. The summed E-state index contributed by atoms with van der Waals surface area (Å²) in [4.78, 5) is 10.1. The highest BCUT2D eigenvalue weighted by Crippen LogP contribution is 1.68. The van der Waals surface area contributed by atoms with Crippen LogP contribution in [-0.2, 0) is 4.79 Å². The Morgan fingerprint density at radius 1 is 1.86 bits per heavy atom. The van der Waals surface area contributed by atoms with E-state index in [0.29, 0.717) is 0 Å². The summed E-state index contributed by atoms with van der Waals surface area (Å²) in [7, 11) is 0. The Kier molecular flexibility index (Phi) is 2.22. The van der Waals surface area contributed by atoms with Crippen molar-refractivity contribution in [2.45, 2.75) is 6.92 Å². The molecule has 0 amide bonds. The van der Waals surface area contributed by atoms with E-state index in [1.165, 1.54) is 6.92 Å². The van der Waals surface area contributed by atoms with Crippen LogP contribution in [0.15, 0.2) is 0 Å². The first kappa shape index (κ1) is 6.30. The van der Waals surface area contributed by atoms with Crippen molar-refractivity contribution in [2.75, 3.05) is 6.54 Å². The lowest BCUT2D eigenvalue weighted by Gasteiger charge is -1.87. The highest BCUT2D eigenvalue weighted by atomic mass is 16.1. The van der Waals surface area contributed by atoms with Gasteiger partial charge in [-0.05, 0) is 0 Å². The topological polar surface area (TPSA) is 66.9 Å². The summed E-state index contributed by atoms with van der Waals surface area (Å²) in [6, 6.07) is 0. The van der Waals surface area contributed by atoms with Crippen LogP contribution in [0.4, 0.5) is 0 Å². The van der Waals surface area contributed by atoms with E-state index < -0.39 is 0 Å². The molecule has 0 atom stereocenters. The zero-order valence-electron chi connectivity index (χ0n) is 4.19. The number of nitrogens with one attached hydrogen (secondary N) is 1. The van der Waals surface area contributed by atoms with Crippen LogP contribution in [-0.4, -0.2) is 18.0 Å². The molecule has 0 spiro atoms. The average Bonchev–Trinajstić information content (AvgIpc) is 1.65. The van der Waals surface area contributed by atoms with E-state index in [-0.39, 0.29) is 18.0 Å². The van der Waals surface area contributed by atoms with E-state index in [2.05, 4.69) is 0 Å². The van der Waals surface area contributed by atoms with Crippen molar-refractivity contribution >= 4 is 11.5 Å². The molecule has 3 heteroatoms. The number of ketones is 1. The molecule has 0 aliphatic rings. The van der Waals surface area contributed by atoms with Crippen molar-refractivity contribution < 1.29 is 4.79 Å². The Balaban J connectivity index is 3.58. The number of carbonyl (C=O) groups is 1. The predicted octanol–water partition coefficient (Wildman–Crippen LogP) is -0.446. The molecule has 0 saturated carbocycles. The minimum Gasteiger partial charge on any atom is -0.325 e. The number of rotatable bonds is 2. The van der Waals surface area contributed by atoms with Crippen LogP contribution >= 0.6 is 0 Å². The van der Waals surface area contributed by atoms with Gasteiger partial charge in [0.15, 0.2) is 5.78 Å². The summed E-state index contributed by atoms with van der Waals surface area (Å²) in [5.74, 6) is -0.248. The van der Waals surface area contributed by atoms with Crippen LogP contribution in [0.3, 0.4) is 0 Å². The molecule has 3 nitrogen and oxygen atoms in total. The first-order valence-corrected chi connectivity index (χ1v) is 1.97. The molecule has 0 bridgehead atoms. The highest BCUT2D eigenvalue weighted by molar-refractivity contribution is 6.38. The molecular weight excluding hydrogens is 92.1 g/mol. The molecule has 0 unspecified atom stereocenters. The Morgan fingerprint density at radius 2 is 2.29 bits per heavy atom. The third kappa shape index (κ3) is 2.05. The fraction of sp³-hybridized carbons (Fsp3) is 0.500. The van der Waals surface area contributed by atoms with Gasteiger partial charge in [-0.1, -0.05) is 0 Å². The van der Waals surface area contributed by atoms with Crippen LogP contribution < -0.4 is 5.73 Å². The second-order valence-electron chi connectivity index (χ2n) is 1.24. The van der Waals surface area contributed by atoms with Gasteiger partial charge in [-0.2, -0.15) is 0 Å². The van der Waals surface area contributed by atoms with Gasteiger partial charge in [0.2, 0.25) is 0 Å². The van der Waals surface area contributed by atoms with Crippen molar-refractivity contribution in [3.8, 4) is 0 Å². The number of nitrogens with two attached hydrogens (primary N) is 1. The monoisotopic (exact) mass is 100 g/mol. The largest absolute Gasteiger partial charge is 0.325 e. The lowest BCUT2D eigenvalue weighted by molar-refractivity contribution is -0.111. The third-order valence-electron chi connectivity index (χ3n) is 0.629. The van der Waals surface area contributed by atoms with E-state index in [1.54, 1.807) is 0 Å². The summed E-state index contributed by atoms with van der Waals surface area (Å²) in [5.41, 5.74) is 4.91. The molecule has 0 rings (SSSR count). The minimum atomic E-state index is -0.248. The second kappa shape index (κ2) is 2.47. The van der Waals surface area contributed by atoms with Crippen molar-refractivity contribution in [1.82, 2.24) is 0 Å². The molecule has 40 valence electrons. The summed E-state index contributed by atoms with van der Waals surface area (Å²) < 4.78 is 0. The van der Waals surface area contributed by atoms with Gasteiger partial charge in [0.25, 0.3) is 0 Å². The Hall–Kier alpha value is -0.700. The van der Waals surface area contributed by atoms with Crippen molar-refractivity contribution in [3.63, 3.8) is 0 Å². The van der Waals surface area contributed by atoms with Gasteiger partial charge in [0.05, 0.1) is 5.71 Å². The maximum absolute atomic E-state index is 10.1. The summed E-state index contributed by atoms with van der Waals surface area (Å²) in [6.07, 6.45) is 0. The number of hydrogen-bond acceptors (Lipinski definition) is 3. The Bertz CT molecular complexity index is 97.9. The van der Waals surface area contributed by atoms with Crippen LogP contribution in [0, 0.1) is 5.41 Å². The Labute approximate surface area is 42.0 Å².